The van der Waals surface area contributed by atoms with Crippen LogP contribution in [0.4, 0.5) is 4.79 Å². The molecule has 0 aromatic carbocycles. The van der Waals surface area contributed by atoms with Crippen LogP contribution in [-0.4, -0.2) is 54.2 Å². The molecule has 1 atom stereocenters. The quantitative estimate of drug-likeness (QED) is 0.581. The Balaban J connectivity index is 2.15. The molecule has 3 N–H and O–H groups in total. The molecule has 0 bridgehead atoms. The molecule has 0 radical (unpaired) electrons. The summed E-state index contributed by atoms with van der Waals surface area (Å²) in [5.74, 6) is -0.360. The zero-order valence-electron chi connectivity index (χ0n) is 9.69. The zero-order valence-corrected chi connectivity index (χ0v) is 9.69. The second kappa shape index (κ2) is 5.81. The smallest absolute Gasteiger partial charge is 0.321 e. The highest BCUT2D eigenvalue weighted by atomic mass is 16.3. The summed E-state index contributed by atoms with van der Waals surface area (Å²) in [7, 11) is 1.71. The number of aliphatic hydroxyl groups excluding tert-OH is 1. The summed E-state index contributed by atoms with van der Waals surface area (Å²) in [6, 6.07) is -0.194. The van der Waals surface area contributed by atoms with Gasteiger partial charge in [0.05, 0.1) is 12.6 Å². The largest absolute Gasteiger partial charge is 0.392 e. The van der Waals surface area contributed by atoms with Crippen LogP contribution in [-0.2, 0) is 4.79 Å². The van der Waals surface area contributed by atoms with Crippen molar-refractivity contribution in [2.45, 2.75) is 31.9 Å². The molecule has 1 saturated carbocycles. The van der Waals surface area contributed by atoms with Crippen molar-refractivity contribution in [3.63, 3.8) is 0 Å². The summed E-state index contributed by atoms with van der Waals surface area (Å²) in [5.41, 5.74) is 0. The third-order valence-corrected chi connectivity index (χ3v) is 2.15. The maximum Gasteiger partial charge on any atom is 0.321 e. The Hall–Kier alpha value is -1.14. The number of imide groups is 1. The number of hydrogen-bond donors (Lipinski definition) is 3. The van der Waals surface area contributed by atoms with Gasteiger partial charge in [0.2, 0.25) is 5.91 Å². The highest BCUT2D eigenvalue weighted by Crippen LogP contribution is 2.18. The lowest BCUT2D eigenvalue weighted by atomic mass is 10.3. The predicted octanol–water partition coefficient (Wildman–Crippen LogP) is -0.713. The first kappa shape index (κ1) is 12.9. The molecular weight excluding hydrogens is 210 g/mol. The second-order valence-corrected chi connectivity index (χ2v) is 4.34. The summed E-state index contributed by atoms with van der Waals surface area (Å²) in [5, 5.41) is 14.0. The number of nitrogens with zero attached hydrogens (tertiary/aromatic N) is 1. The van der Waals surface area contributed by atoms with Crippen LogP contribution in [0.5, 0.6) is 0 Å². The van der Waals surface area contributed by atoms with Gasteiger partial charge in [-0.25, -0.2) is 4.79 Å². The van der Waals surface area contributed by atoms with Crippen molar-refractivity contribution in [2.75, 3.05) is 20.1 Å². The third-order valence-electron chi connectivity index (χ3n) is 2.15. The van der Waals surface area contributed by atoms with E-state index >= 15 is 0 Å². The third kappa shape index (κ3) is 5.67. The van der Waals surface area contributed by atoms with E-state index in [1.165, 1.54) is 0 Å². The van der Waals surface area contributed by atoms with Crippen LogP contribution in [0, 0.1) is 0 Å². The van der Waals surface area contributed by atoms with Crippen LogP contribution >= 0.6 is 0 Å². The van der Waals surface area contributed by atoms with E-state index < -0.39 is 12.1 Å². The molecule has 0 heterocycles. The fourth-order valence-electron chi connectivity index (χ4n) is 1.38. The van der Waals surface area contributed by atoms with Gasteiger partial charge >= 0.3 is 6.03 Å². The van der Waals surface area contributed by atoms with Gasteiger partial charge in [0.25, 0.3) is 0 Å². The van der Waals surface area contributed by atoms with E-state index in [1.54, 1.807) is 18.9 Å². The van der Waals surface area contributed by atoms with Crippen molar-refractivity contribution in [3.8, 4) is 0 Å². The van der Waals surface area contributed by atoms with E-state index in [2.05, 4.69) is 10.6 Å². The lowest BCUT2D eigenvalue weighted by molar-refractivity contribution is -0.121. The first-order valence-electron chi connectivity index (χ1n) is 5.44. The average molecular weight is 229 g/mol. The Kier molecular flexibility index (Phi) is 4.70. The lowest BCUT2D eigenvalue weighted by Crippen LogP contribution is -2.45. The Labute approximate surface area is 95.0 Å². The average Bonchev–Trinajstić information content (AvgIpc) is 2.84. The lowest BCUT2D eigenvalue weighted by Gasteiger charge is -2.17. The molecular formula is C10H19N3O3. The Morgan fingerprint density at radius 3 is 2.62 bits per heavy atom. The molecule has 3 amide bonds. The fourth-order valence-corrected chi connectivity index (χ4v) is 1.38. The molecule has 0 aliphatic heterocycles. The number of amides is 3. The van der Waals surface area contributed by atoms with Crippen molar-refractivity contribution in [3.05, 3.63) is 0 Å². The van der Waals surface area contributed by atoms with Gasteiger partial charge in [-0.05, 0) is 26.8 Å². The van der Waals surface area contributed by atoms with Crippen LogP contribution in [0.3, 0.4) is 0 Å². The number of carbonyl (C=O) groups excluding carboxylic acids is 2. The minimum Gasteiger partial charge on any atom is -0.392 e. The number of rotatable bonds is 5. The molecule has 6 heteroatoms. The molecule has 1 fully saturated rings. The zero-order chi connectivity index (χ0) is 12.1. The van der Waals surface area contributed by atoms with Gasteiger partial charge in [0.1, 0.15) is 0 Å². The molecule has 1 aliphatic rings. The standard InChI is InChI=1S/C10H19N3O3/c1-7(14)5-13(2)6-9(15)12-10(16)11-8-3-4-8/h7-8,14H,3-6H2,1-2H3,(H2,11,12,15,16). The summed E-state index contributed by atoms with van der Waals surface area (Å²) in [6.45, 7) is 2.15. The van der Waals surface area contributed by atoms with Gasteiger partial charge in [-0.1, -0.05) is 0 Å². The number of carbonyl (C=O) groups is 2. The minimum atomic E-state index is -0.488. The summed E-state index contributed by atoms with van der Waals surface area (Å²) in [4.78, 5) is 24.2. The molecule has 0 saturated heterocycles. The predicted molar refractivity (Wildman–Crippen MR) is 58.9 cm³/mol. The van der Waals surface area contributed by atoms with E-state index in [4.69, 9.17) is 5.11 Å². The van der Waals surface area contributed by atoms with Crippen LogP contribution in [0.2, 0.25) is 0 Å². The maximum absolute atomic E-state index is 11.4. The SMILES string of the molecule is CC(O)CN(C)CC(=O)NC(=O)NC1CC1. The van der Waals surface area contributed by atoms with Crippen LogP contribution in [0.1, 0.15) is 19.8 Å². The van der Waals surface area contributed by atoms with Gasteiger partial charge in [0.15, 0.2) is 0 Å². The van der Waals surface area contributed by atoms with Gasteiger partial charge < -0.3 is 10.4 Å². The van der Waals surface area contributed by atoms with Crippen LogP contribution in [0.25, 0.3) is 0 Å². The number of urea groups is 1. The number of likely N-dealkylation sites (N-methyl/N-ethyl adjacent to an activating group) is 1. The van der Waals surface area contributed by atoms with Gasteiger partial charge in [-0.15, -0.1) is 0 Å². The molecule has 0 aromatic rings. The van der Waals surface area contributed by atoms with Crippen molar-refractivity contribution < 1.29 is 14.7 Å². The molecule has 1 unspecified atom stereocenters. The molecule has 0 spiro atoms. The summed E-state index contributed by atoms with van der Waals surface area (Å²) >= 11 is 0. The van der Waals surface area contributed by atoms with E-state index in [0.29, 0.717) is 6.54 Å². The fraction of sp³-hybridized carbons (Fsp3) is 0.800. The van der Waals surface area contributed by atoms with Crippen LogP contribution < -0.4 is 10.6 Å². The Morgan fingerprint density at radius 1 is 1.50 bits per heavy atom. The number of aliphatic hydroxyl groups is 1. The van der Waals surface area contributed by atoms with Gasteiger partial charge in [-0.2, -0.15) is 0 Å². The minimum absolute atomic E-state index is 0.100. The van der Waals surface area contributed by atoms with Crippen molar-refractivity contribution in [1.82, 2.24) is 15.5 Å². The van der Waals surface area contributed by atoms with Gasteiger partial charge in [-0.3, -0.25) is 15.0 Å². The summed E-state index contributed by atoms with van der Waals surface area (Å²) in [6.07, 6.45) is 1.49. The van der Waals surface area contributed by atoms with Crippen molar-refractivity contribution >= 4 is 11.9 Å². The van der Waals surface area contributed by atoms with Crippen molar-refractivity contribution in [2.24, 2.45) is 0 Å². The highest BCUT2D eigenvalue weighted by molar-refractivity contribution is 5.95. The van der Waals surface area contributed by atoms with Crippen molar-refractivity contribution in [1.29, 1.82) is 0 Å². The van der Waals surface area contributed by atoms with E-state index in [0.717, 1.165) is 12.8 Å². The Morgan fingerprint density at radius 2 is 2.12 bits per heavy atom. The van der Waals surface area contributed by atoms with Crippen LogP contribution in [0.15, 0.2) is 0 Å². The molecule has 16 heavy (non-hydrogen) atoms. The highest BCUT2D eigenvalue weighted by Gasteiger charge is 2.24. The molecule has 6 nitrogen and oxygen atoms in total. The van der Waals surface area contributed by atoms with E-state index in [-0.39, 0.29) is 18.5 Å². The first-order valence-corrected chi connectivity index (χ1v) is 5.44. The number of hydrogen-bond acceptors (Lipinski definition) is 4. The van der Waals surface area contributed by atoms with E-state index in [9.17, 15) is 9.59 Å². The topological polar surface area (TPSA) is 81.7 Å². The molecule has 92 valence electrons. The number of nitrogens with one attached hydrogen (secondary N) is 2. The molecule has 1 rings (SSSR count). The van der Waals surface area contributed by atoms with Gasteiger partial charge in [0, 0.05) is 12.6 Å². The Bertz CT molecular complexity index is 264. The monoisotopic (exact) mass is 229 g/mol. The maximum atomic E-state index is 11.4. The summed E-state index contributed by atoms with van der Waals surface area (Å²) < 4.78 is 0. The second-order valence-electron chi connectivity index (χ2n) is 4.34. The first-order chi connectivity index (χ1) is 7.47. The van der Waals surface area contributed by atoms with E-state index in [1.807, 2.05) is 0 Å². The molecule has 1 aliphatic carbocycles. The molecule has 0 aromatic heterocycles. The normalized spacial score (nSPS) is 17.0.